The Kier molecular flexibility index (Phi) is 7.28. The number of hydrogen-bond donors (Lipinski definition) is 1. The number of hydrogen-bond acceptors (Lipinski definition) is 8. The number of benzene rings is 2. The minimum absolute atomic E-state index is 0.0313. The maximum absolute atomic E-state index is 13.8. The SMILES string of the molecule is CC(C)(C)OC(=O)COc1cccc2c1C(=O)N(CC(=O)OC(C)(C)C)c1cc(C(=O)O)ccc1O2. The summed E-state index contributed by atoms with van der Waals surface area (Å²) < 4.78 is 22.2. The van der Waals surface area contributed by atoms with E-state index in [0.717, 1.165) is 4.90 Å². The Hall–Kier alpha value is -4.08. The van der Waals surface area contributed by atoms with E-state index in [9.17, 15) is 24.3 Å². The normalized spacial score (nSPS) is 13.1. The number of fused-ring (bicyclic) bond motifs is 2. The predicted molar refractivity (Wildman–Crippen MR) is 129 cm³/mol. The van der Waals surface area contributed by atoms with Crippen molar-refractivity contribution in [1.29, 1.82) is 0 Å². The number of aromatic carboxylic acids is 1. The van der Waals surface area contributed by atoms with Gasteiger partial charge in [-0.1, -0.05) is 6.07 Å². The zero-order chi connectivity index (χ0) is 26.8. The molecular weight excluding hydrogens is 470 g/mol. The van der Waals surface area contributed by atoms with Gasteiger partial charge >= 0.3 is 17.9 Å². The Balaban J connectivity index is 2.03. The summed E-state index contributed by atoms with van der Waals surface area (Å²) in [7, 11) is 0. The van der Waals surface area contributed by atoms with Crippen LogP contribution < -0.4 is 14.4 Å². The first-order valence-electron chi connectivity index (χ1n) is 11.2. The average molecular weight is 500 g/mol. The van der Waals surface area contributed by atoms with Gasteiger partial charge in [0.25, 0.3) is 5.91 Å². The van der Waals surface area contributed by atoms with Crippen LogP contribution in [-0.4, -0.2) is 53.3 Å². The number of rotatable bonds is 6. The third-order valence-corrected chi connectivity index (χ3v) is 4.64. The van der Waals surface area contributed by atoms with Gasteiger partial charge in [0.15, 0.2) is 12.4 Å². The summed E-state index contributed by atoms with van der Waals surface area (Å²) in [6.07, 6.45) is 0. The van der Waals surface area contributed by atoms with Crippen LogP contribution in [0.1, 0.15) is 62.3 Å². The van der Waals surface area contributed by atoms with Crippen LogP contribution in [0.15, 0.2) is 36.4 Å². The molecule has 2 aromatic rings. The molecule has 1 N–H and O–H groups in total. The van der Waals surface area contributed by atoms with E-state index in [-0.39, 0.29) is 34.1 Å². The molecule has 36 heavy (non-hydrogen) atoms. The lowest BCUT2D eigenvalue weighted by Crippen LogP contribution is -2.39. The monoisotopic (exact) mass is 499 g/mol. The fraction of sp³-hybridized carbons (Fsp3) is 0.385. The fourth-order valence-electron chi connectivity index (χ4n) is 3.41. The molecule has 192 valence electrons. The number of anilines is 1. The zero-order valence-electron chi connectivity index (χ0n) is 21.0. The van der Waals surface area contributed by atoms with Crippen molar-refractivity contribution in [3.63, 3.8) is 0 Å². The van der Waals surface area contributed by atoms with Gasteiger partial charge in [-0.2, -0.15) is 0 Å². The van der Waals surface area contributed by atoms with Crippen molar-refractivity contribution in [2.45, 2.75) is 52.7 Å². The largest absolute Gasteiger partial charge is 0.481 e. The average Bonchev–Trinajstić information content (AvgIpc) is 2.84. The molecule has 0 saturated heterocycles. The van der Waals surface area contributed by atoms with Crippen LogP contribution in [0.4, 0.5) is 5.69 Å². The summed E-state index contributed by atoms with van der Waals surface area (Å²) in [5.74, 6) is -2.97. The highest BCUT2D eigenvalue weighted by Gasteiger charge is 2.34. The van der Waals surface area contributed by atoms with E-state index >= 15 is 0 Å². The molecule has 10 heteroatoms. The summed E-state index contributed by atoms with van der Waals surface area (Å²) in [6.45, 7) is 9.22. The van der Waals surface area contributed by atoms with E-state index in [1.807, 2.05) is 0 Å². The highest BCUT2D eigenvalue weighted by Crippen LogP contribution is 2.42. The summed E-state index contributed by atoms with van der Waals surface area (Å²) in [6, 6.07) is 8.55. The molecule has 2 aromatic carbocycles. The number of carboxylic acids is 1. The molecule has 0 bridgehead atoms. The van der Waals surface area contributed by atoms with Crippen LogP contribution >= 0.6 is 0 Å². The molecule has 1 aliphatic rings. The topological polar surface area (TPSA) is 129 Å². The van der Waals surface area contributed by atoms with Crippen LogP contribution in [0.3, 0.4) is 0 Å². The van der Waals surface area contributed by atoms with Gasteiger partial charge in [0.05, 0.1) is 11.3 Å². The summed E-state index contributed by atoms with van der Waals surface area (Å²) in [5, 5.41) is 9.46. The van der Waals surface area contributed by atoms with Crippen LogP contribution in [-0.2, 0) is 19.1 Å². The predicted octanol–water partition coefficient (Wildman–Crippen LogP) is 4.20. The van der Waals surface area contributed by atoms with Crippen LogP contribution in [0.5, 0.6) is 17.2 Å². The van der Waals surface area contributed by atoms with Crippen molar-refractivity contribution in [3.05, 3.63) is 47.5 Å². The van der Waals surface area contributed by atoms with Crippen molar-refractivity contribution in [2.75, 3.05) is 18.1 Å². The lowest BCUT2D eigenvalue weighted by molar-refractivity contribution is -0.157. The van der Waals surface area contributed by atoms with Gasteiger partial charge < -0.3 is 24.1 Å². The molecule has 1 heterocycles. The third kappa shape index (κ3) is 6.53. The van der Waals surface area contributed by atoms with Crippen molar-refractivity contribution in [2.24, 2.45) is 0 Å². The van der Waals surface area contributed by atoms with Crippen LogP contribution in [0, 0.1) is 0 Å². The first kappa shape index (κ1) is 26.5. The van der Waals surface area contributed by atoms with Gasteiger partial charge in [-0.15, -0.1) is 0 Å². The molecule has 3 rings (SSSR count). The lowest BCUT2D eigenvalue weighted by atomic mass is 10.1. The molecule has 1 amide bonds. The number of carbonyl (C=O) groups is 4. The van der Waals surface area contributed by atoms with E-state index < -0.39 is 48.2 Å². The number of carboxylic acid groups (broad SMARTS) is 1. The molecule has 0 atom stereocenters. The first-order chi connectivity index (χ1) is 16.6. The Morgan fingerprint density at radius 3 is 2.17 bits per heavy atom. The molecule has 0 fully saturated rings. The quantitative estimate of drug-likeness (QED) is 0.581. The molecule has 0 spiro atoms. The Labute approximate surface area is 208 Å². The third-order valence-electron chi connectivity index (χ3n) is 4.64. The van der Waals surface area contributed by atoms with E-state index in [1.54, 1.807) is 47.6 Å². The minimum atomic E-state index is -1.22. The maximum Gasteiger partial charge on any atom is 0.344 e. The van der Waals surface area contributed by atoms with Gasteiger partial charge in [-0.25, -0.2) is 9.59 Å². The summed E-state index contributed by atoms with van der Waals surface area (Å²) in [4.78, 5) is 51.3. The second-order valence-electron chi connectivity index (χ2n) is 10.1. The maximum atomic E-state index is 13.8. The number of ether oxygens (including phenoxy) is 4. The van der Waals surface area contributed by atoms with Crippen LogP contribution in [0.2, 0.25) is 0 Å². The van der Waals surface area contributed by atoms with Gasteiger partial charge in [0, 0.05) is 0 Å². The van der Waals surface area contributed by atoms with E-state index in [4.69, 9.17) is 18.9 Å². The van der Waals surface area contributed by atoms with Crippen LogP contribution in [0.25, 0.3) is 0 Å². The molecule has 0 aliphatic carbocycles. The van der Waals surface area contributed by atoms with Gasteiger partial charge in [0.1, 0.15) is 34.8 Å². The molecule has 0 aromatic heterocycles. The molecular formula is C26H29NO9. The second-order valence-corrected chi connectivity index (χ2v) is 10.1. The lowest BCUT2D eigenvalue weighted by Gasteiger charge is -2.25. The number of amides is 1. The van der Waals surface area contributed by atoms with E-state index in [2.05, 4.69) is 0 Å². The summed E-state index contributed by atoms with van der Waals surface area (Å²) >= 11 is 0. The van der Waals surface area contributed by atoms with Gasteiger partial charge in [-0.05, 0) is 71.9 Å². The summed E-state index contributed by atoms with van der Waals surface area (Å²) in [5.41, 5.74) is -1.61. The van der Waals surface area contributed by atoms with Crippen molar-refractivity contribution in [3.8, 4) is 17.2 Å². The standard InChI is InChI=1S/C26H29NO9/c1-25(2,3)35-20(28)13-27-16-12-15(24(31)32)10-11-17(16)34-19-9-7-8-18(22(19)23(27)30)33-14-21(29)36-26(4,5)6/h7-12H,13-14H2,1-6H3,(H,31,32). The molecule has 10 nitrogen and oxygen atoms in total. The van der Waals surface area contributed by atoms with Gasteiger partial charge in [0.2, 0.25) is 0 Å². The zero-order valence-corrected chi connectivity index (χ0v) is 21.0. The highest BCUT2D eigenvalue weighted by atomic mass is 16.6. The van der Waals surface area contributed by atoms with Gasteiger partial charge in [-0.3, -0.25) is 14.5 Å². The van der Waals surface area contributed by atoms with Crippen molar-refractivity contribution in [1.82, 2.24) is 0 Å². The smallest absolute Gasteiger partial charge is 0.344 e. The number of carbonyl (C=O) groups excluding carboxylic acids is 3. The van der Waals surface area contributed by atoms with E-state index in [1.165, 1.54) is 30.3 Å². The van der Waals surface area contributed by atoms with Crippen molar-refractivity contribution < 1.29 is 43.2 Å². The number of esters is 2. The van der Waals surface area contributed by atoms with Crippen molar-refractivity contribution >= 4 is 29.5 Å². The Morgan fingerprint density at radius 2 is 1.56 bits per heavy atom. The van der Waals surface area contributed by atoms with E-state index in [0.29, 0.717) is 0 Å². The molecule has 1 aliphatic heterocycles. The fourth-order valence-corrected chi connectivity index (χ4v) is 3.41. The molecule has 0 unspecified atom stereocenters. The Morgan fingerprint density at radius 1 is 0.917 bits per heavy atom. The molecule has 0 radical (unpaired) electrons. The minimum Gasteiger partial charge on any atom is -0.481 e. The molecule has 0 saturated carbocycles. The highest BCUT2D eigenvalue weighted by molar-refractivity contribution is 6.13. The first-order valence-corrected chi connectivity index (χ1v) is 11.2. The second kappa shape index (κ2) is 9.88. The number of nitrogens with zero attached hydrogens (tertiary/aromatic N) is 1. The Bertz CT molecular complexity index is 1200.